The molecule has 0 aromatic carbocycles. The second-order valence-corrected chi connectivity index (χ2v) is 4.91. The molecule has 0 aliphatic heterocycles. The average Bonchev–Trinajstić information content (AvgIpc) is 2.92. The van der Waals surface area contributed by atoms with E-state index in [0.29, 0.717) is 11.7 Å². The summed E-state index contributed by atoms with van der Waals surface area (Å²) in [5, 5.41) is 4.40. The highest BCUT2D eigenvalue weighted by Crippen LogP contribution is 2.19. The number of aryl methyl sites for hydroxylation is 2. The molecule has 0 spiro atoms. The number of carbonyl (C=O) groups excluding carboxylic acids is 1. The van der Waals surface area contributed by atoms with Gasteiger partial charge in [0.15, 0.2) is 5.76 Å². The third kappa shape index (κ3) is 3.02. The lowest BCUT2D eigenvalue weighted by Gasteiger charge is -2.00. The van der Waals surface area contributed by atoms with Gasteiger partial charge in [-0.2, -0.15) is 5.10 Å². The molecule has 2 rings (SSSR count). The highest BCUT2D eigenvalue weighted by molar-refractivity contribution is 6.04. The van der Waals surface area contributed by atoms with Gasteiger partial charge in [0.25, 0.3) is 0 Å². The minimum absolute atomic E-state index is 0.133. The van der Waals surface area contributed by atoms with Crippen LogP contribution in [0.2, 0.25) is 0 Å². The Hall–Kier alpha value is -2.10. The number of nitrogens with zero attached hydrogens (tertiary/aromatic N) is 2. The molecule has 0 saturated carbocycles. The molecule has 0 aliphatic rings. The van der Waals surface area contributed by atoms with Gasteiger partial charge in [-0.3, -0.25) is 9.48 Å². The Morgan fingerprint density at radius 3 is 2.74 bits per heavy atom. The SMILES string of the molecule is Cc1ccc(C(=O)C=Cc2cn(C)nc2C(C)C)o1. The Bertz CT molecular complexity index is 618. The fourth-order valence-corrected chi connectivity index (χ4v) is 1.92. The van der Waals surface area contributed by atoms with Gasteiger partial charge < -0.3 is 4.42 Å². The number of furan rings is 1. The summed E-state index contributed by atoms with van der Waals surface area (Å²) in [5.41, 5.74) is 1.95. The van der Waals surface area contributed by atoms with E-state index >= 15 is 0 Å². The van der Waals surface area contributed by atoms with Crippen molar-refractivity contribution in [1.82, 2.24) is 9.78 Å². The highest BCUT2D eigenvalue weighted by atomic mass is 16.3. The summed E-state index contributed by atoms with van der Waals surface area (Å²) < 4.78 is 7.06. The van der Waals surface area contributed by atoms with E-state index in [0.717, 1.165) is 17.0 Å². The Morgan fingerprint density at radius 1 is 1.42 bits per heavy atom. The van der Waals surface area contributed by atoms with Crippen LogP contribution in [-0.2, 0) is 7.05 Å². The number of hydrogen-bond acceptors (Lipinski definition) is 3. The van der Waals surface area contributed by atoms with Crippen LogP contribution in [0.15, 0.2) is 28.8 Å². The normalized spacial score (nSPS) is 11.6. The minimum atomic E-state index is -0.133. The summed E-state index contributed by atoms with van der Waals surface area (Å²) in [5.74, 6) is 1.29. The van der Waals surface area contributed by atoms with Crippen molar-refractivity contribution in [3.8, 4) is 0 Å². The Balaban J connectivity index is 2.21. The first-order valence-electron chi connectivity index (χ1n) is 6.29. The van der Waals surface area contributed by atoms with Crippen molar-refractivity contribution in [2.75, 3.05) is 0 Å². The Labute approximate surface area is 112 Å². The molecule has 19 heavy (non-hydrogen) atoms. The van der Waals surface area contributed by atoms with Gasteiger partial charge in [0.2, 0.25) is 5.78 Å². The van der Waals surface area contributed by atoms with Gasteiger partial charge >= 0.3 is 0 Å². The molecule has 4 heteroatoms. The van der Waals surface area contributed by atoms with Crippen LogP contribution in [0.3, 0.4) is 0 Å². The molecule has 0 saturated heterocycles. The van der Waals surface area contributed by atoms with Crippen LogP contribution in [-0.4, -0.2) is 15.6 Å². The number of allylic oxidation sites excluding steroid dienone is 1. The lowest BCUT2D eigenvalue weighted by Crippen LogP contribution is -1.94. The molecule has 2 heterocycles. The summed E-state index contributed by atoms with van der Waals surface area (Å²) in [7, 11) is 1.88. The maximum absolute atomic E-state index is 11.9. The molecule has 4 nitrogen and oxygen atoms in total. The average molecular weight is 258 g/mol. The van der Waals surface area contributed by atoms with Gasteiger partial charge in [0.05, 0.1) is 5.69 Å². The van der Waals surface area contributed by atoms with Gasteiger partial charge in [0.1, 0.15) is 5.76 Å². The summed E-state index contributed by atoms with van der Waals surface area (Å²) in [4.78, 5) is 11.9. The summed E-state index contributed by atoms with van der Waals surface area (Å²) in [6.45, 7) is 5.98. The summed E-state index contributed by atoms with van der Waals surface area (Å²) in [6.07, 6.45) is 5.23. The monoisotopic (exact) mass is 258 g/mol. The van der Waals surface area contributed by atoms with Crippen molar-refractivity contribution < 1.29 is 9.21 Å². The number of carbonyl (C=O) groups is 1. The molecule has 2 aromatic rings. The molecule has 0 radical (unpaired) electrons. The van der Waals surface area contributed by atoms with Gasteiger partial charge in [0, 0.05) is 18.8 Å². The van der Waals surface area contributed by atoms with E-state index in [-0.39, 0.29) is 5.78 Å². The molecule has 0 amide bonds. The molecule has 0 N–H and O–H groups in total. The molecule has 0 bridgehead atoms. The second kappa shape index (κ2) is 5.26. The minimum Gasteiger partial charge on any atom is -0.458 e. The lowest BCUT2D eigenvalue weighted by atomic mass is 10.1. The molecule has 0 aliphatic carbocycles. The van der Waals surface area contributed by atoms with E-state index < -0.39 is 0 Å². The van der Waals surface area contributed by atoms with Crippen molar-refractivity contribution >= 4 is 11.9 Å². The molecular weight excluding hydrogens is 240 g/mol. The smallest absolute Gasteiger partial charge is 0.221 e. The van der Waals surface area contributed by atoms with Crippen molar-refractivity contribution in [3.05, 3.63) is 47.2 Å². The number of ketones is 1. The van der Waals surface area contributed by atoms with E-state index in [9.17, 15) is 4.79 Å². The lowest BCUT2D eigenvalue weighted by molar-refractivity contribution is 0.102. The number of rotatable bonds is 4. The maximum Gasteiger partial charge on any atom is 0.221 e. The zero-order chi connectivity index (χ0) is 14.0. The molecular formula is C15H18N2O2. The first kappa shape index (κ1) is 13.3. The van der Waals surface area contributed by atoms with Crippen LogP contribution in [0.1, 0.15) is 47.3 Å². The van der Waals surface area contributed by atoms with E-state index in [1.54, 1.807) is 22.9 Å². The molecule has 2 aromatic heterocycles. The quantitative estimate of drug-likeness (QED) is 0.624. The van der Waals surface area contributed by atoms with Gasteiger partial charge in [-0.25, -0.2) is 0 Å². The fraction of sp³-hybridized carbons (Fsp3) is 0.333. The topological polar surface area (TPSA) is 48.0 Å². The van der Waals surface area contributed by atoms with E-state index in [1.807, 2.05) is 20.2 Å². The Morgan fingerprint density at radius 2 is 2.16 bits per heavy atom. The molecule has 0 atom stereocenters. The summed E-state index contributed by atoms with van der Waals surface area (Å²) in [6, 6.07) is 3.47. The van der Waals surface area contributed by atoms with Gasteiger partial charge in [-0.05, 0) is 37.1 Å². The van der Waals surface area contributed by atoms with Crippen molar-refractivity contribution in [2.24, 2.45) is 7.05 Å². The zero-order valence-electron chi connectivity index (χ0n) is 11.7. The van der Waals surface area contributed by atoms with Crippen molar-refractivity contribution in [3.63, 3.8) is 0 Å². The van der Waals surface area contributed by atoms with Crippen LogP contribution < -0.4 is 0 Å². The Kier molecular flexibility index (Phi) is 3.69. The van der Waals surface area contributed by atoms with E-state index in [2.05, 4.69) is 18.9 Å². The first-order chi connectivity index (χ1) is 8.97. The van der Waals surface area contributed by atoms with Gasteiger partial charge in [-0.15, -0.1) is 0 Å². The number of hydrogen-bond donors (Lipinski definition) is 0. The predicted molar refractivity (Wildman–Crippen MR) is 74.1 cm³/mol. The third-order valence-electron chi connectivity index (χ3n) is 2.83. The third-order valence-corrected chi connectivity index (χ3v) is 2.83. The molecule has 100 valence electrons. The highest BCUT2D eigenvalue weighted by Gasteiger charge is 2.10. The summed E-state index contributed by atoms with van der Waals surface area (Å²) >= 11 is 0. The van der Waals surface area contributed by atoms with Crippen LogP contribution in [0.25, 0.3) is 6.08 Å². The van der Waals surface area contributed by atoms with Crippen LogP contribution in [0.5, 0.6) is 0 Å². The number of aromatic nitrogens is 2. The zero-order valence-corrected chi connectivity index (χ0v) is 11.7. The van der Waals surface area contributed by atoms with Crippen LogP contribution in [0.4, 0.5) is 0 Å². The van der Waals surface area contributed by atoms with Crippen LogP contribution in [0, 0.1) is 6.92 Å². The van der Waals surface area contributed by atoms with Crippen molar-refractivity contribution in [2.45, 2.75) is 26.7 Å². The predicted octanol–water partition coefficient (Wildman–Crippen LogP) is 3.34. The maximum atomic E-state index is 11.9. The molecule has 0 unspecified atom stereocenters. The first-order valence-corrected chi connectivity index (χ1v) is 6.29. The van der Waals surface area contributed by atoms with Crippen molar-refractivity contribution in [1.29, 1.82) is 0 Å². The van der Waals surface area contributed by atoms with Crippen LogP contribution >= 0.6 is 0 Å². The van der Waals surface area contributed by atoms with Gasteiger partial charge in [-0.1, -0.05) is 13.8 Å². The van der Waals surface area contributed by atoms with E-state index in [4.69, 9.17) is 4.42 Å². The second-order valence-electron chi connectivity index (χ2n) is 4.91. The standard InChI is InChI=1S/C15H18N2O2/c1-10(2)15-12(9-17(4)16-15)6-7-13(18)14-8-5-11(3)19-14/h5-10H,1-4H3. The molecule has 0 fully saturated rings. The van der Waals surface area contributed by atoms with E-state index in [1.165, 1.54) is 6.08 Å². The largest absolute Gasteiger partial charge is 0.458 e. The fourth-order valence-electron chi connectivity index (χ4n) is 1.92.